The quantitative estimate of drug-likeness (QED) is 0.574. The monoisotopic (exact) mass is 381 g/mol. The van der Waals surface area contributed by atoms with Crippen LogP contribution in [-0.2, 0) is 16.1 Å². The lowest BCUT2D eigenvalue weighted by molar-refractivity contribution is -0.120. The van der Waals surface area contributed by atoms with Gasteiger partial charge in [0.25, 0.3) is 5.91 Å². The van der Waals surface area contributed by atoms with Gasteiger partial charge in [-0.15, -0.1) is 0 Å². The molecule has 2 aromatic rings. The van der Waals surface area contributed by atoms with Gasteiger partial charge in [0.05, 0.1) is 13.2 Å². The van der Waals surface area contributed by atoms with Crippen molar-refractivity contribution in [3.8, 4) is 0 Å². The number of ether oxygens (including phenoxy) is 1. The molecule has 28 heavy (non-hydrogen) atoms. The number of amides is 2. The van der Waals surface area contributed by atoms with Crippen LogP contribution in [0.3, 0.4) is 0 Å². The van der Waals surface area contributed by atoms with E-state index in [9.17, 15) is 9.59 Å². The molecule has 2 rings (SSSR count). The third kappa shape index (κ3) is 5.77. The molecule has 2 amide bonds. The number of aryl methyl sites for hydroxylation is 1. The van der Waals surface area contributed by atoms with Gasteiger partial charge in [-0.2, -0.15) is 0 Å². The van der Waals surface area contributed by atoms with Crippen molar-refractivity contribution in [3.05, 3.63) is 71.3 Å². The number of imide groups is 1. The number of rotatable bonds is 9. The summed E-state index contributed by atoms with van der Waals surface area (Å²) in [5, 5.41) is 0. The molecular weight excluding hydrogens is 350 g/mol. The van der Waals surface area contributed by atoms with E-state index in [2.05, 4.69) is 13.8 Å². The van der Waals surface area contributed by atoms with Crippen LogP contribution < -0.4 is 0 Å². The second-order valence-corrected chi connectivity index (χ2v) is 8.73. The van der Waals surface area contributed by atoms with Crippen LogP contribution in [0.2, 0.25) is 0 Å². The van der Waals surface area contributed by atoms with E-state index in [0.29, 0.717) is 31.6 Å². The van der Waals surface area contributed by atoms with Gasteiger partial charge in [0.15, 0.2) is 0 Å². The molecule has 0 saturated heterocycles. The van der Waals surface area contributed by atoms with E-state index in [0.717, 1.165) is 11.1 Å². The number of carbonyl (C=O) groups excluding carboxylic acids is 2. The molecule has 0 heterocycles. The Bertz CT molecular complexity index is 797. The maximum atomic E-state index is 13.0. The number of carbonyl (C=O) groups is 2. The lowest BCUT2D eigenvalue weighted by Gasteiger charge is -2.40. The topological polar surface area (TPSA) is 46.6 Å². The van der Waals surface area contributed by atoms with Crippen LogP contribution in [0.4, 0.5) is 0 Å². The van der Waals surface area contributed by atoms with Crippen LogP contribution in [0.5, 0.6) is 0 Å². The zero-order valence-corrected chi connectivity index (χ0v) is 17.6. The molecule has 4 heteroatoms. The van der Waals surface area contributed by atoms with Gasteiger partial charge in [-0.1, -0.05) is 62.4 Å². The molecule has 0 bridgehead atoms. The lowest BCUT2D eigenvalue weighted by atomic mass is 9.79. The highest BCUT2D eigenvalue weighted by molar-refractivity contribution is 6.01. The Kier molecular flexibility index (Phi) is 7.14. The molecule has 0 saturated carbocycles. The van der Waals surface area contributed by atoms with E-state index in [4.69, 9.17) is 4.74 Å². The van der Waals surface area contributed by atoms with Crippen molar-refractivity contribution in [1.29, 1.82) is 0 Å². The summed E-state index contributed by atoms with van der Waals surface area (Å²) in [6.45, 7) is 11.0. The van der Waals surface area contributed by atoms with Crippen LogP contribution in [-0.4, -0.2) is 29.4 Å². The summed E-state index contributed by atoms with van der Waals surface area (Å²) in [6.07, 6.45) is 1.28. The van der Waals surface area contributed by atoms with E-state index < -0.39 is 5.54 Å². The van der Waals surface area contributed by atoms with Crippen molar-refractivity contribution < 1.29 is 14.3 Å². The van der Waals surface area contributed by atoms with Crippen molar-refractivity contribution in [2.24, 2.45) is 5.41 Å². The van der Waals surface area contributed by atoms with Gasteiger partial charge in [0.2, 0.25) is 6.41 Å². The first-order chi connectivity index (χ1) is 13.2. The van der Waals surface area contributed by atoms with Gasteiger partial charge in [-0.3, -0.25) is 14.5 Å². The molecule has 0 aromatic heterocycles. The van der Waals surface area contributed by atoms with E-state index in [1.165, 1.54) is 4.90 Å². The maximum Gasteiger partial charge on any atom is 0.261 e. The maximum absolute atomic E-state index is 13.0. The molecule has 0 N–H and O–H groups in total. The Morgan fingerprint density at radius 1 is 1.00 bits per heavy atom. The third-order valence-corrected chi connectivity index (χ3v) is 4.87. The highest BCUT2D eigenvalue weighted by Gasteiger charge is 2.37. The molecule has 2 aromatic carbocycles. The smallest absolute Gasteiger partial charge is 0.261 e. The normalized spacial score (nSPS) is 11.9. The zero-order valence-electron chi connectivity index (χ0n) is 17.6. The molecule has 0 fully saturated rings. The summed E-state index contributed by atoms with van der Waals surface area (Å²) in [5.41, 5.74) is 1.70. The van der Waals surface area contributed by atoms with E-state index in [1.54, 1.807) is 6.07 Å². The number of nitrogens with zero attached hydrogens (tertiary/aromatic N) is 1. The highest BCUT2D eigenvalue weighted by atomic mass is 16.5. The SMILES string of the molecule is Cc1ccccc1C(=O)N(C=O)C(C)(C)CC(C)(C)COCc1ccccc1. The van der Waals surface area contributed by atoms with Gasteiger partial charge < -0.3 is 4.74 Å². The minimum Gasteiger partial charge on any atom is -0.376 e. The zero-order chi connectivity index (χ0) is 20.8. The fourth-order valence-electron chi connectivity index (χ4n) is 3.73. The standard InChI is InChI=1S/C24H31NO3/c1-19-11-9-10-14-21(19)22(27)25(18-26)24(4,5)16-23(2,3)17-28-15-20-12-7-6-8-13-20/h6-14,18H,15-17H2,1-5H3. The molecular formula is C24H31NO3. The first kappa shape index (κ1) is 21.8. The fraction of sp³-hybridized carbons (Fsp3) is 0.417. The summed E-state index contributed by atoms with van der Waals surface area (Å²) in [6, 6.07) is 17.4. The molecule has 0 unspecified atom stereocenters. The van der Waals surface area contributed by atoms with Crippen molar-refractivity contribution in [2.45, 2.75) is 53.2 Å². The van der Waals surface area contributed by atoms with E-state index in [1.807, 2.05) is 69.3 Å². The number of hydrogen-bond acceptors (Lipinski definition) is 3. The highest BCUT2D eigenvalue weighted by Crippen LogP contribution is 2.33. The van der Waals surface area contributed by atoms with Gasteiger partial charge >= 0.3 is 0 Å². The Balaban J connectivity index is 2.05. The van der Waals surface area contributed by atoms with Crippen LogP contribution >= 0.6 is 0 Å². The Labute approximate surface area is 168 Å². The Morgan fingerprint density at radius 3 is 2.21 bits per heavy atom. The van der Waals surface area contributed by atoms with Gasteiger partial charge in [0.1, 0.15) is 0 Å². The van der Waals surface area contributed by atoms with Crippen molar-refractivity contribution in [1.82, 2.24) is 4.90 Å². The summed E-state index contributed by atoms with van der Waals surface area (Å²) in [4.78, 5) is 26.1. The van der Waals surface area contributed by atoms with E-state index in [-0.39, 0.29) is 11.3 Å². The predicted molar refractivity (Wildman–Crippen MR) is 112 cm³/mol. The summed E-state index contributed by atoms with van der Waals surface area (Å²) < 4.78 is 5.92. The van der Waals surface area contributed by atoms with Crippen molar-refractivity contribution >= 4 is 12.3 Å². The summed E-state index contributed by atoms with van der Waals surface area (Å²) in [7, 11) is 0. The molecule has 0 radical (unpaired) electrons. The molecule has 0 spiro atoms. The molecule has 0 atom stereocenters. The lowest BCUT2D eigenvalue weighted by Crippen LogP contribution is -2.50. The van der Waals surface area contributed by atoms with E-state index >= 15 is 0 Å². The predicted octanol–water partition coefficient (Wildman–Crippen LogP) is 5.01. The van der Waals surface area contributed by atoms with Gasteiger partial charge in [0, 0.05) is 11.1 Å². The summed E-state index contributed by atoms with van der Waals surface area (Å²) >= 11 is 0. The fourth-order valence-corrected chi connectivity index (χ4v) is 3.73. The molecule has 0 aliphatic heterocycles. The Hall–Kier alpha value is -2.46. The average molecular weight is 382 g/mol. The van der Waals surface area contributed by atoms with Crippen LogP contribution in [0, 0.1) is 12.3 Å². The first-order valence-corrected chi connectivity index (χ1v) is 9.62. The van der Waals surface area contributed by atoms with Crippen molar-refractivity contribution in [3.63, 3.8) is 0 Å². The molecule has 150 valence electrons. The first-order valence-electron chi connectivity index (χ1n) is 9.62. The van der Waals surface area contributed by atoms with Crippen LogP contribution in [0.15, 0.2) is 54.6 Å². The molecule has 0 aliphatic rings. The average Bonchev–Trinajstić information content (AvgIpc) is 2.62. The second-order valence-electron chi connectivity index (χ2n) is 8.73. The Morgan fingerprint density at radius 2 is 1.61 bits per heavy atom. The second kappa shape index (κ2) is 9.16. The largest absolute Gasteiger partial charge is 0.376 e. The third-order valence-electron chi connectivity index (χ3n) is 4.87. The van der Waals surface area contributed by atoms with Crippen LogP contribution in [0.1, 0.15) is 55.6 Å². The molecule has 4 nitrogen and oxygen atoms in total. The minimum absolute atomic E-state index is 0.203. The van der Waals surface area contributed by atoms with Gasteiger partial charge in [-0.25, -0.2) is 0 Å². The van der Waals surface area contributed by atoms with Gasteiger partial charge in [-0.05, 0) is 49.8 Å². The van der Waals surface area contributed by atoms with Crippen molar-refractivity contribution in [2.75, 3.05) is 6.61 Å². The number of benzene rings is 2. The summed E-state index contributed by atoms with van der Waals surface area (Å²) in [5.74, 6) is -0.265. The van der Waals surface area contributed by atoms with Crippen LogP contribution in [0.25, 0.3) is 0 Å². The molecule has 0 aliphatic carbocycles. The number of hydrogen-bond donors (Lipinski definition) is 0. The minimum atomic E-state index is -0.638.